The zero-order valence-electron chi connectivity index (χ0n) is 26.8. The van der Waals surface area contributed by atoms with Crippen molar-refractivity contribution in [2.45, 2.75) is 13.3 Å². The molecule has 0 N–H and O–H groups in total. The van der Waals surface area contributed by atoms with E-state index in [4.69, 9.17) is 0 Å². The van der Waals surface area contributed by atoms with Crippen molar-refractivity contribution < 1.29 is 0 Å². The molecule has 0 saturated heterocycles. The molecule has 48 heavy (non-hydrogen) atoms. The number of aryl methyl sites for hydroxylation is 1. The number of para-hydroxylation sites is 4. The van der Waals surface area contributed by atoms with E-state index in [0.717, 1.165) is 6.42 Å². The summed E-state index contributed by atoms with van der Waals surface area (Å²) in [5.41, 5.74) is 13.2. The molecule has 0 atom stereocenters. The van der Waals surface area contributed by atoms with Gasteiger partial charge in [-0.05, 0) is 85.5 Å². The summed E-state index contributed by atoms with van der Waals surface area (Å²) in [4.78, 5) is 5.14. The van der Waals surface area contributed by atoms with Crippen LogP contribution in [0.4, 0.5) is 34.1 Å². The molecule has 3 aliphatic heterocycles. The van der Waals surface area contributed by atoms with E-state index in [9.17, 15) is 0 Å². The highest BCUT2D eigenvalue weighted by Gasteiger charge is 2.53. The first kappa shape index (κ1) is 27.5. The van der Waals surface area contributed by atoms with Crippen LogP contribution in [0.2, 0.25) is 0 Å². The Balaban J connectivity index is 1.37. The number of nitrogens with zero attached hydrogens (tertiary/aromatic N) is 2. The number of fused-ring (bicyclic) bond motifs is 6. The fourth-order valence-corrected chi connectivity index (χ4v) is 14.1. The van der Waals surface area contributed by atoms with E-state index in [1.807, 2.05) is 0 Å². The van der Waals surface area contributed by atoms with Gasteiger partial charge in [-0.15, -0.1) is 0 Å². The molecule has 0 aromatic heterocycles. The highest BCUT2D eigenvalue weighted by Crippen LogP contribution is 2.45. The molecule has 0 amide bonds. The molecule has 7 aromatic rings. The molecule has 226 valence electrons. The van der Waals surface area contributed by atoms with Gasteiger partial charge in [0.05, 0.1) is 0 Å². The molecule has 0 unspecified atom stereocenters. The molecule has 3 aliphatic rings. The summed E-state index contributed by atoms with van der Waals surface area (Å²) in [5.74, 6) is 0. The fraction of sp³-hybridized carbons (Fsp3) is 0.0455. The molecule has 0 bridgehead atoms. The first-order chi connectivity index (χ1) is 23.8. The first-order valence-electron chi connectivity index (χ1n) is 17.1. The molecular weight excluding hydrogens is 595 g/mol. The molecule has 0 saturated carbocycles. The minimum absolute atomic E-state index is 0.117. The average molecular weight is 629 g/mol. The Morgan fingerprint density at radius 2 is 1.02 bits per heavy atom. The SMILES string of the molecule is CCc1cc2c3c(c1)N1c4ccccc4[Si](c4ccccc4)(c4ccccc4)c4cccc(c41)B3c1ccccc1N2c1ccccc1. The van der Waals surface area contributed by atoms with Gasteiger partial charge in [-0.25, -0.2) is 0 Å². The maximum absolute atomic E-state index is 2.72. The van der Waals surface area contributed by atoms with Gasteiger partial charge in [-0.3, -0.25) is 0 Å². The van der Waals surface area contributed by atoms with Crippen LogP contribution in [-0.2, 0) is 6.42 Å². The van der Waals surface area contributed by atoms with Crippen molar-refractivity contribution in [3.63, 3.8) is 0 Å². The van der Waals surface area contributed by atoms with Gasteiger partial charge >= 0.3 is 0 Å². The van der Waals surface area contributed by atoms with Crippen molar-refractivity contribution in [3.05, 3.63) is 175 Å². The Bertz CT molecular complexity index is 2320. The lowest BCUT2D eigenvalue weighted by Gasteiger charge is -2.50. The van der Waals surface area contributed by atoms with E-state index in [-0.39, 0.29) is 6.71 Å². The minimum Gasteiger partial charge on any atom is -0.312 e. The average Bonchev–Trinajstić information content (AvgIpc) is 3.16. The van der Waals surface area contributed by atoms with Crippen LogP contribution in [0.15, 0.2) is 170 Å². The van der Waals surface area contributed by atoms with Gasteiger partial charge in [-0.1, -0.05) is 140 Å². The largest absolute Gasteiger partial charge is 0.312 e. The Kier molecular flexibility index (Phi) is 6.00. The molecular formula is C44H33BN2Si. The number of rotatable bonds is 4. The third-order valence-electron chi connectivity index (χ3n) is 10.8. The molecule has 0 aliphatic carbocycles. The number of benzene rings is 7. The summed E-state index contributed by atoms with van der Waals surface area (Å²) in [5, 5.41) is 5.75. The molecule has 7 aromatic carbocycles. The molecule has 4 heteroatoms. The zero-order chi connectivity index (χ0) is 31.8. The van der Waals surface area contributed by atoms with Crippen LogP contribution < -0.4 is 46.9 Å². The monoisotopic (exact) mass is 628 g/mol. The summed E-state index contributed by atoms with van der Waals surface area (Å²) >= 11 is 0. The Labute approximate surface area is 283 Å². The Morgan fingerprint density at radius 3 is 1.71 bits per heavy atom. The van der Waals surface area contributed by atoms with Crippen molar-refractivity contribution in [2.24, 2.45) is 0 Å². The number of hydrogen-bond donors (Lipinski definition) is 0. The smallest absolute Gasteiger partial charge is 0.252 e. The van der Waals surface area contributed by atoms with E-state index in [1.165, 1.54) is 76.8 Å². The van der Waals surface area contributed by atoms with Gasteiger partial charge in [0, 0.05) is 34.1 Å². The van der Waals surface area contributed by atoms with Crippen LogP contribution in [-0.4, -0.2) is 14.8 Å². The number of hydrogen-bond acceptors (Lipinski definition) is 2. The van der Waals surface area contributed by atoms with Crippen molar-refractivity contribution in [3.8, 4) is 0 Å². The third-order valence-corrected chi connectivity index (χ3v) is 15.7. The normalized spacial score (nSPS) is 14.5. The van der Waals surface area contributed by atoms with E-state index in [0.29, 0.717) is 0 Å². The maximum atomic E-state index is 2.64. The summed E-state index contributed by atoms with van der Waals surface area (Å²) < 4.78 is 0. The van der Waals surface area contributed by atoms with Crippen molar-refractivity contribution >= 4 is 86.0 Å². The van der Waals surface area contributed by atoms with E-state index in [2.05, 4.69) is 187 Å². The fourth-order valence-electron chi connectivity index (χ4n) is 8.96. The molecule has 3 heterocycles. The highest BCUT2D eigenvalue weighted by molar-refractivity contribution is 7.22. The first-order valence-corrected chi connectivity index (χ1v) is 19.1. The maximum Gasteiger partial charge on any atom is 0.252 e. The van der Waals surface area contributed by atoms with Crippen molar-refractivity contribution in [1.82, 2.24) is 0 Å². The van der Waals surface area contributed by atoms with Crippen molar-refractivity contribution in [2.75, 3.05) is 9.80 Å². The minimum atomic E-state index is -2.72. The van der Waals surface area contributed by atoms with Crippen molar-refractivity contribution in [1.29, 1.82) is 0 Å². The quantitative estimate of drug-likeness (QED) is 0.220. The molecule has 0 radical (unpaired) electrons. The van der Waals surface area contributed by atoms with E-state index < -0.39 is 8.07 Å². The van der Waals surface area contributed by atoms with Gasteiger partial charge in [0.15, 0.2) is 8.07 Å². The van der Waals surface area contributed by atoms with Gasteiger partial charge in [0.2, 0.25) is 0 Å². The second-order valence-electron chi connectivity index (χ2n) is 13.1. The summed E-state index contributed by atoms with van der Waals surface area (Å²) in [6.07, 6.45) is 0.964. The van der Waals surface area contributed by atoms with Crippen LogP contribution in [0.5, 0.6) is 0 Å². The van der Waals surface area contributed by atoms with E-state index >= 15 is 0 Å². The van der Waals surface area contributed by atoms with Gasteiger partial charge in [-0.2, -0.15) is 0 Å². The number of anilines is 6. The van der Waals surface area contributed by atoms with Gasteiger partial charge in [0.25, 0.3) is 6.71 Å². The van der Waals surface area contributed by atoms with Crippen LogP contribution in [0, 0.1) is 0 Å². The molecule has 10 rings (SSSR count). The Hall–Kier alpha value is -5.58. The van der Waals surface area contributed by atoms with Gasteiger partial charge in [0.1, 0.15) is 0 Å². The second kappa shape index (κ2) is 10.5. The second-order valence-corrected chi connectivity index (χ2v) is 16.9. The standard InChI is InChI=1S/C44H33BN2Si/c1-2-31-29-39-43-40(30-31)47-38-26-14-15-27-41(38)48(33-19-8-4-9-20-33,34-21-10-5-11-22-34)42-28-16-24-36(44(42)47)45(43)35-23-12-13-25-37(35)46(39)32-17-6-3-7-18-32/h3-30H,2H2,1H3. The molecule has 2 nitrogen and oxygen atoms in total. The lowest BCUT2D eigenvalue weighted by Crippen LogP contribution is -2.79. The zero-order valence-corrected chi connectivity index (χ0v) is 27.8. The Morgan fingerprint density at radius 1 is 0.479 bits per heavy atom. The van der Waals surface area contributed by atoms with Crippen LogP contribution in [0.25, 0.3) is 0 Å². The topological polar surface area (TPSA) is 6.48 Å². The molecule has 0 spiro atoms. The third kappa shape index (κ3) is 3.58. The summed E-state index contributed by atoms with van der Waals surface area (Å²) in [6, 6.07) is 64.1. The predicted octanol–water partition coefficient (Wildman–Crippen LogP) is 6.02. The summed E-state index contributed by atoms with van der Waals surface area (Å²) in [7, 11) is -2.72. The van der Waals surface area contributed by atoms with Crippen LogP contribution in [0.3, 0.4) is 0 Å². The lowest BCUT2D eigenvalue weighted by molar-refractivity contribution is 1.13. The predicted molar refractivity (Wildman–Crippen MR) is 207 cm³/mol. The van der Waals surface area contributed by atoms with Crippen LogP contribution >= 0.6 is 0 Å². The summed E-state index contributed by atoms with van der Waals surface area (Å²) in [6.45, 7) is 2.40. The van der Waals surface area contributed by atoms with Gasteiger partial charge < -0.3 is 9.80 Å². The lowest BCUT2D eigenvalue weighted by atomic mass is 9.33. The van der Waals surface area contributed by atoms with Crippen LogP contribution in [0.1, 0.15) is 12.5 Å². The highest BCUT2D eigenvalue weighted by atomic mass is 28.3. The molecule has 0 fully saturated rings. The van der Waals surface area contributed by atoms with E-state index in [1.54, 1.807) is 0 Å².